The smallest absolute Gasteiger partial charge is 0.323 e. The Labute approximate surface area is 171 Å². The zero-order valence-electron chi connectivity index (χ0n) is 15.4. The molecular weight excluding hydrogens is 424 g/mol. The molecule has 0 saturated carbocycles. The molecule has 6 nitrogen and oxygen atoms in total. The van der Waals surface area contributed by atoms with Crippen LogP contribution in [0, 0.1) is 18.8 Å². The van der Waals surface area contributed by atoms with Gasteiger partial charge in [0.25, 0.3) is 0 Å². The van der Waals surface area contributed by atoms with E-state index >= 15 is 0 Å². The number of benzene rings is 2. The average molecular weight is 443 g/mol. The molecule has 2 aliphatic heterocycles. The molecule has 0 aromatic heterocycles. The van der Waals surface area contributed by atoms with Gasteiger partial charge in [0.1, 0.15) is 6.04 Å². The van der Waals surface area contributed by atoms with E-state index in [0.717, 1.165) is 15.6 Å². The maximum Gasteiger partial charge on any atom is 0.323 e. The molecule has 144 valence electrons. The predicted octanol–water partition coefficient (Wildman–Crippen LogP) is 2.75. The number of halogens is 1. The first-order valence-electron chi connectivity index (χ1n) is 8.96. The number of rotatable bonds is 3. The lowest BCUT2D eigenvalue weighted by Crippen LogP contribution is -2.43. The van der Waals surface area contributed by atoms with Crippen LogP contribution in [0.15, 0.2) is 53.0 Å². The zero-order chi connectivity index (χ0) is 20.0. The lowest BCUT2D eigenvalue weighted by Gasteiger charge is -2.22. The summed E-state index contributed by atoms with van der Waals surface area (Å²) in [4.78, 5) is 40.0. The van der Waals surface area contributed by atoms with Crippen LogP contribution in [-0.2, 0) is 19.1 Å². The van der Waals surface area contributed by atoms with Crippen molar-refractivity contribution in [1.82, 2.24) is 5.32 Å². The summed E-state index contributed by atoms with van der Waals surface area (Å²) >= 11 is 3.40. The number of aryl methyl sites for hydroxylation is 1. The molecule has 28 heavy (non-hydrogen) atoms. The molecule has 2 heterocycles. The average Bonchev–Trinajstić information content (AvgIpc) is 3.20. The Morgan fingerprint density at radius 3 is 2.21 bits per heavy atom. The van der Waals surface area contributed by atoms with E-state index in [1.807, 2.05) is 43.3 Å². The van der Waals surface area contributed by atoms with E-state index in [1.165, 1.54) is 12.0 Å². The van der Waals surface area contributed by atoms with E-state index in [2.05, 4.69) is 21.2 Å². The number of carbonyl (C=O) groups excluding carboxylic acids is 3. The van der Waals surface area contributed by atoms with Gasteiger partial charge in [0.05, 0.1) is 24.6 Å². The van der Waals surface area contributed by atoms with Crippen LogP contribution >= 0.6 is 15.9 Å². The van der Waals surface area contributed by atoms with Crippen molar-refractivity contribution in [3.8, 4) is 0 Å². The molecule has 2 aromatic rings. The van der Waals surface area contributed by atoms with Gasteiger partial charge in [-0.05, 0) is 36.8 Å². The number of imide groups is 1. The summed E-state index contributed by atoms with van der Waals surface area (Å²) in [5.74, 6) is -2.68. The van der Waals surface area contributed by atoms with Crippen molar-refractivity contribution in [2.45, 2.75) is 19.0 Å². The van der Waals surface area contributed by atoms with E-state index in [1.54, 1.807) is 12.1 Å². The maximum absolute atomic E-state index is 13.3. The number of methoxy groups -OCH3 is 1. The van der Waals surface area contributed by atoms with E-state index in [4.69, 9.17) is 4.74 Å². The van der Waals surface area contributed by atoms with Crippen molar-refractivity contribution in [1.29, 1.82) is 0 Å². The highest BCUT2D eigenvalue weighted by atomic mass is 79.9. The molecule has 4 atom stereocenters. The molecule has 0 spiro atoms. The molecule has 2 amide bonds. The second kappa shape index (κ2) is 7.14. The van der Waals surface area contributed by atoms with Gasteiger partial charge < -0.3 is 4.74 Å². The first kappa shape index (κ1) is 18.8. The number of esters is 1. The van der Waals surface area contributed by atoms with Crippen LogP contribution in [0.5, 0.6) is 0 Å². The highest BCUT2D eigenvalue weighted by Gasteiger charge is 2.61. The fourth-order valence-electron chi connectivity index (χ4n) is 4.08. The van der Waals surface area contributed by atoms with Gasteiger partial charge in [-0.25, -0.2) is 4.90 Å². The van der Waals surface area contributed by atoms with Crippen molar-refractivity contribution in [3.05, 3.63) is 64.1 Å². The topological polar surface area (TPSA) is 75.7 Å². The Balaban J connectivity index is 1.76. The normalized spacial score (nSPS) is 26.5. The maximum atomic E-state index is 13.3. The lowest BCUT2D eigenvalue weighted by atomic mass is 9.86. The fraction of sp³-hybridized carbons (Fsp3) is 0.286. The van der Waals surface area contributed by atoms with E-state index < -0.39 is 29.9 Å². The van der Waals surface area contributed by atoms with Gasteiger partial charge >= 0.3 is 5.97 Å². The number of amides is 2. The largest absolute Gasteiger partial charge is 0.468 e. The number of ether oxygens (including phenoxy) is 1. The minimum atomic E-state index is -0.865. The van der Waals surface area contributed by atoms with Crippen LogP contribution in [0.25, 0.3) is 0 Å². The number of hydrogen-bond donors (Lipinski definition) is 1. The van der Waals surface area contributed by atoms with Crippen LogP contribution in [0.2, 0.25) is 0 Å². The summed E-state index contributed by atoms with van der Waals surface area (Å²) in [6.45, 7) is 1.94. The van der Waals surface area contributed by atoms with Gasteiger partial charge in [-0.2, -0.15) is 0 Å². The van der Waals surface area contributed by atoms with Gasteiger partial charge in [-0.1, -0.05) is 45.8 Å². The molecule has 2 saturated heterocycles. The monoisotopic (exact) mass is 442 g/mol. The lowest BCUT2D eigenvalue weighted by molar-refractivity contribution is -0.145. The number of nitrogens with one attached hydrogen (secondary N) is 1. The molecule has 7 heteroatoms. The number of fused-ring (bicyclic) bond motifs is 1. The highest BCUT2D eigenvalue weighted by molar-refractivity contribution is 9.10. The first-order chi connectivity index (χ1) is 13.4. The Bertz CT molecular complexity index is 942. The number of carbonyl (C=O) groups is 3. The van der Waals surface area contributed by atoms with Crippen LogP contribution < -0.4 is 10.2 Å². The van der Waals surface area contributed by atoms with Crippen molar-refractivity contribution >= 4 is 39.4 Å². The van der Waals surface area contributed by atoms with E-state index in [9.17, 15) is 14.4 Å². The van der Waals surface area contributed by atoms with Gasteiger partial charge in [-0.3, -0.25) is 19.7 Å². The summed E-state index contributed by atoms with van der Waals surface area (Å²) in [6, 6.07) is 13.4. The third-order valence-corrected chi connectivity index (χ3v) is 5.98. The summed E-state index contributed by atoms with van der Waals surface area (Å²) in [7, 11) is 1.28. The Kier molecular flexibility index (Phi) is 4.81. The summed E-state index contributed by atoms with van der Waals surface area (Å²) in [5, 5.41) is 3.16. The zero-order valence-corrected chi connectivity index (χ0v) is 17.0. The molecule has 0 bridgehead atoms. The van der Waals surface area contributed by atoms with Crippen LogP contribution in [0.1, 0.15) is 17.2 Å². The molecule has 4 rings (SSSR count). The van der Waals surface area contributed by atoms with Gasteiger partial charge in [0, 0.05) is 10.5 Å². The summed E-state index contributed by atoms with van der Waals surface area (Å²) < 4.78 is 5.80. The third kappa shape index (κ3) is 2.95. The first-order valence-corrected chi connectivity index (χ1v) is 9.75. The Hall–Kier alpha value is -2.51. The van der Waals surface area contributed by atoms with Crippen molar-refractivity contribution in [3.63, 3.8) is 0 Å². The van der Waals surface area contributed by atoms with Gasteiger partial charge in [-0.15, -0.1) is 0 Å². The second-order valence-corrected chi connectivity index (χ2v) is 8.01. The predicted molar refractivity (Wildman–Crippen MR) is 106 cm³/mol. The molecular formula is C21H19BrN2O4. The number of anilines is 1. The van der Waals surface area contributed by atoms with E-state index in [0.29, 0.717) is 5.69 Å². The fourth-order valence-corrected chi connectivity index (χ4v) is 4.34. The minimum absolute atomic E-state index is 0.300. The van der Waals surface area contributed by atoms with Crippen molar-refractivity contribution in [2.75, 3.05) is 12.0 Å². The Morgan fingerprint density at radius 1 is 1.00 bits per heavy atom. The van der Waals surface area contributed by atoms with Crippen LogP contribution in [-0.4, -0.2) is 30.9 Å². The van der Waals surface area contributed by atoms with Crippen LogP contribution in [0.3, 0.4) is 0 Å². The van der Waals surface area contributed by atoms with Gasteiger partial charge in [0.15, 0.2) is 0 Å². The van der Waals surface area contributed by atoms with Gasteiger partial charge in [0.2, 0.25) is 11.8 Å². The Morgan fingerprint density at radius 2 is 1.61 bits per heavy atom. The molecule has 1 N–H and O–H groups in total. The standard InChI is InChI=1S/C21H19BrN2O4/c1-11-3-9-14(10-4-11)24-19(25)15-16(20(24)26)18(21(27)28-2)23-17(15)12-5-7-13(22)8-6-12/h3-10,15-18,23H,1-2H3/t15-,16+,17-,18-/m1/s1. The second-order valence-electron chi connectivity index (χ2n) is 7.10. The number of hydrogen-bond acceptors (Lipinski definition) is 5. The van der Waals surface area contributed by atoms with Crippen molar-refractivity contribution in [2.24, 2.45) is 11.8 Å². The summed E-state index contributed by atoms with van der Waals surface area (Å²) in [5.41, 5.74) is 2.40. The van der Waals surface area contributed by atoms with E-state index in [-0.39, 0.29) is 11.8 Å². The summed E-state index contributed by atoms with van der Waals surface area (Å²) in [6.07, 6.45) is 0. The number of nitrogens with zero attached hydrogens (tertiary/aromatic N) is 1. The minimum Gasteiger partial charge on any atom is -0.468 e. The SMILES string of the molecule is COC(=O)[C@@H]1N[C@H](c2ccc(Br)cc2)[C@@H]2C(=O)N(c3ccc(C)cc3)C(=O)[C@@H]21. The van der Waals surface area contributed by atoms with Crippen LogP contribution in [0.4, 0.5) is 5.69 Å². The molecule has 0 radical (unpaired) electrons. The molecule has 2 fully saturated rings. The molecule has 0 unspecified atom stereocenters. The molecule has 2 aromatic carbocycles. The highest BCUT2D eigenvalue weighted by Crippen LogP contribution is 2.45. The third-order valence-electron chi connectivity index (χ3n) is 5.45. The van der Waals surface area contributed by atoms with Crippen molar-refractivity contribution < 1.29 is 19.1 Å². The quantitative estimate of drug-likeness (QED) is 0.584. The molecule has 2 aliphatic rings. The molecule has 0 aliphatic carbocycles.